The fourth-order valence-electron chi connectivity index (χ4n) is 1.48. The number of hydrogen-bond donors (Lipinski definition) is 1. The van der Waals surface area contributed by atoms with Gasteiger partial charge in [0.05, 0.1) is 0 Å². The van der Waals surface area contributed by atoms with Crippen LogP contribution in [-0.2, 0) is 0 Å². The molecule has 2 rings (SSSR count). The van der Waals surface area contributed by atoms with Gasteiger partial charge in [-0.3, -0.25) is 4.79 Å². The summed E-state index contributed by atoms with van der Waals surface area (Å²) in [7, 11) is 0. The molecule has 4 heteroatoms. The normalized spacial score (nSPS) is 10.2. The van der Waals surface area contributed by atoms with Gasteiger partial charge in [-0.25, -0.2) is 0 Å². The van der Waals surface area contributed by atoms with E-state index in [-0.39, 0.29) is 5.91 Å². The highest BCUT2D eigenvalue weighted by molar-refractivity contribution is 14.1. The summed E-state index contributed by atoms with van der Waals surface area (Å²) in [6.45, 7) is 2.04. The molecule has 0 saturated heterocycles. The lowest BCUT2D eigenvalue weighted by Gasteiger charge is -2.07. The highest BCUT2D eigenvalue weighted by Crippen LogP contribution is 2.18. The number of aryl methyl sites for hydroxylation is 1. The first-order chi connectivity index (χ1) is 8.56. The van der Waals surface area contributed by atoms with Crippen LogP contribution in [0, 0.1) is 10.5 Å². The zero-order valence-electron chi connectivity index (χ0n) is 9.71. The van der Waals surface area contributed by atoms with Crippen molar-refractivity contribution in [2.75, 3.05) is 5.32 Å². The maximum absolute atomic E-state index is 12.0. The molecule has 2 nitrogen and oxygen atoms in total. The summed E-state index contributed by atoms with van der Waals surface area (Å²) in [4.78, 5) is 12.0. The van der Waals surface area contributed by atoms with Crippen molar-refractivity contribution in [1.82, 2.24) is 0 Å². The van der Waals surface area contributed by atoms with Crippen LogP contribution < -0.4 is 5.32 Å². The minimum absolute atomic E-state index is 0.0952. The van der Waals surface area contributed by atoms with Crippen molar-refractivity contribution < 1.29 is 4.79 Å². The Labute approximate surface area is 128 Å². The van der Waals surface area contributed by atoms with Gasteiger partial charge in [-0.15, -0.1) is 0 Å². The van der Waals surface area contributed by atoms with Gasteiger partial charge in [-0.2, -0.15) is 0 Å². The Morgan fingerprint density at radius 3 is 2.44 bits per heavy atom. The number of rotatable bonds is 2. The van der Waals surface area contributed by atoms with Gasteiger partial charge in [-0.1, -0.05) is 22.0 Å². The first-order valence-corrected chi connectivity index (χ1v) is 7.26. The molecule has 1 amide bonds. The third-order valence-electron chi connectivity index (χ3n) is 2.54. The lowest BCUT2D eigenvalue weighted by atomic mass is 10.2. The van der Waals surface area contributed by atoms with E-state index in [0.29, 0.717) is 5.56 Å². The summed E-state index contributed by atoms with van der Waals surface area (Å²) >= 11 is 5.60. The topological polar surface area (TPSA) is 29.1 Å². The van der Waals surface area contributed by atoms with E-state index >= 15 is 0 Å². The molecule has 0 spiro atoms. The molecular formula is C14H11BrINO. The molecule has 0 atom stereocenters. The largest absolute Gasteiger partial charge is 0.322 e. The van der Waals surface area contributed by atoms with Crippen LogP contribution in [0.15, 0.2) is 46.9 Å². The molecule has 0 heterocycles. The molecule has 0 aliphatic rings. The summed E-state index contributed by atoms with van der Waals surface area (Å²) in [5, 5.41) is 2.89. The van der Waals surface area contributed by atoms with Gasteiger partial charge in [0, 0.05) is 19.3 Å². The Morgan fingerprint density at radius 2 is 1.83 bits per heavy atom. The highest BCUT2D eigenvalue weighted by Gasteiger charge is 2.06. The predicted octanol–water partition coefficient (Wildman–Crippen LogP) is 4.61. The van der Waals surface area contributed by atoms with E-state index in [1.165, 1.54) is 5.56 Å². The second-order valence-electron chi connectivity index (χ2n) is 3.92. The smallest absolute Gasteiger partial charge is 0.255 e. The summed E-state index contributed by atoms with van der Waals surface area (Å²) in [6.07, 6.45) is 0. The van der Waals surface area contributed by atoms with Crippen LogP contribution in [0.2, 0.25) is 0 Å². The van der Waals surface area contributed by atoms with Crippen LogP contribution in [0.25, 0.3) is 0 Å². The van der Waals surface area contributed by atoms with Gasteiger partial charge in [0.1, 0.15) is 0 Å². The number of halogens is 2. The van der Waals surface area contributed by atoms with Gasteiger partial charge < -0.3 is 5.32 Å². The van der Waals surface area contributed by atoms with Gasteiger partial charge in [0.15, 0.2) is 0 Å². The number of amides is 1. The van der Waals surface area contributed by atoms with E-state index in [1.807, 2.05) is 37.3 Å². The van der Waals surface area contributed by atoms with E-state index in [1.54, 1.807) is 12.1 Å². The van der Waals surface area contributed by atoms with E-state index in [9.17, 15) is 4.79 Å². The van der Waals surface area contributed by atoms with Crippen LogP contribution in [0.3, 0.4) is 0 Å². The molecule has 2 aromatic carbocycles. The number of carbonyl (C=O) groups is 1. The van der Waals surface area contributed by atoms with Crippen LogP contribution in [0.5, 0.6) is 0 Å². The van der Waals surface area contributed by atoms with Gasteiger partial charge in [0.2, 0.25) is 0 Å². The van der Waals surface area contributed by atoms with Crippen molar-refractivity contribution in [2.45, 2.75) is 6.92 Å². The standard InChI is InChI=1S/C14H11BrINO/c1-9-2-7-12(8-13(9)16)17-14(18)10-3-5-11(15)6-4-10/h2-8H,1H3,(H,17,18). The van der Waals surface area contributed by atoms with E-state index in [0.717, 1.165) is 13.7 Å². The van der Waals surface area contributed by atoms with E-state index in [4.69, 9.17) is 0 Å². The van der Waals surface area contributed by atoms with Crippen LogP contribution in [-0.4, -0.2) is 5.91 Å². The Bertz CT molecular complexity index is 581. The van der Waals surface area contributed by atoms with Crippen molar-refractivity contribution in [3.05, 3.63) is 61.6 Å². The number of carbonyl (C=O) groups excluding carboxylic acids is 1. The first kappa shape index (κ1) is 13.5. The zero-order valence-corrected chi connectivity index (χ0v) is 13.4. The summed E-state index contributed by atoms with van der Waals surface area (Å²) in [5.41, 5.74) is 2.67. The molecule has 92 valence electrons. The van der Waals surface area contributed by atoms with Crippen molar-refractivity contribution in [1.29, 1.82) is 0 Å². The van der Waals surface area contributed by atoms with E-state index in [2.05, 4.69) is 43.8 Å². The number of anilines is 1. The number of hydrogen-bond acceptors (Lipinski definition) is 1. The monoisotopic (exact) mass is 415 g/mol. The fourth-order valence-corrected chi connectivity index (χ4v) is 2.25. The summed E-state index contributed by atoms with van der Waals surface area (Å²) < 4.78 is 2.10. The molecule has 1 N–H and O–H groups in total. The minimum atomic E-state index is -0.0952. The van der Waals surface area contributed by atoms with Crippen molar-refractivity contribution in [3.8, 4) is 0 Å². The molecule has 0 unspecified atom stereocenters. The summed E-state index contributed by atoms with van der Waals surface area (Å²) in [5.74, 6) is -0.0952. The van der Waals surface area contributed by atoms with Crippen LogP contribution >= 0.6 is 38.5 Å². The molecule has 0 saturated carbocycles. The van der Waals surface area contributed by atoms with Crippen LogP contribution in [0.4, 0.5) is 5.69 Å². The number of benzene rings is 2. The molecule has 0 bridgehead atoms. The van der Waals surface area contributed by atoms with Crippen molar-refractivity contribution in [3.63, 3.8) is 0 Å². The van der Waals surface area contributed by atoms with E-state index < -0.39 is 0 Å². The number of nitrogens with one attached hydrogen (secondary N) is 1. The average Bonchev–Trinajstić information content (AvgIpc) is 2.34. The Kier molecular flexibility index (Phi) is 4.40. The molecule has 0 aliphatic carbocycles. The van der Waals surface area contributed by atoms with Crippen LogP contribution in [0.1, 0.15) is 15.9 Å². The predicted molar refractivity (Wildman–Crippen MR) is 86.0 cm³/mol. The zero-order chi connectivity index (χ0) is 13.1. The quantitative estimate of drug-likeness (QED) is 0.712. The first-order valence-electron chi connectivity index (χ1n) is 5.39. The Hall–Kier alpha value is -0.880. The lowest BCUT2D eigenvalue weighted by molar-refractivity contribution is 0.102. The minimum Gasteiger partial charge on any atom is -0.322 e. The molecule has 0 fully saturated rings. The average molecular weight is 416 g/mol. The molecule has 18 heavy (non-hydrogen) atoms. The third kappa shape index (κ3) is 3.32. The Morgan fingerprint density at radius 1 is 1.17 bits per heavy atom. The fraction of sp³-hybridized carbons (Fsp3) is 0.0714. The molecule has 0 aliphatic heterocycles. The SMILES string of the molecule is Cc1ccc(NC(=O)c2ccc(Br)cc2)cc1I. The Balaban J connectivity index is 2.16. The third-order valence-corrected chi connectivity index (χ3v) is 4.23. The summed E-state index contributed by atoms with van der Waals surface area (Å²) in [6, 6.07) is 13.2. The van der Waals surface area contributed by atoms with Gasteiger partial charge in [-0.05, 0) is 71.5 Å². The second kappa shape index (κ2) is 5.84. The van der Waals surface area contributed by atoms with Gasteiger partial charge >= 0.3 is 0 Å². The van der Waals surface area contributed by atoms with Gasteiger partial charge in [0.25, 0.3) is 5.91 Å². The maximum Gasteiger partial charge on any atom is 0.255 e. The molecule has 0 aromatic heterocycles. The molecular weight excluding hydrogens is 405 g/mol. The molecule has 0 radical (unpaired) electrons. The van der Waals surface area contributed by atoms with Crippen molar-refractivity contribution in [2.24, 2.45) is 0 Å². The second-order valence-corrected chi connectivity index (χ2v) is 6.00. The molecule has 2 aromatic rings. The van der Waals surface area contributed by atoms with Crippen molar-refractivity contribution >= 4 is 50.1 Å². The highest BCUT2D eigenvalue weighted by atomic mass is 127. The maximum atomic E-state index is 12.0. The lowest BCUT2D eigenvalue weighted by Crippen LogP contribution is -2.11.